The van der Waals surface area contributed by atoms with E-state index in [1.165, 1.54) is 5.01 Å². The Hall–Kier alpha value is -4.31. The number of anilines is 1. The molecule has 2 aliphatic rings. The highest BCUT2D eigenvalue weighted by molar-refractivity contribution is 6.42. The van der Waals surface area contributed by atoms with Crippen LogP contribution in [0, 0.1) is 0 Å². The highest BCUT2D eigenvalue weighted by Crippen LogP contribution is 2.31. The number of benzene rings is 4. The van der Waals surface area contributed by atoms with Crippen molar-refractivity contribution in [3.8, 4) is 0 Å². The molecule has 0 radical (unpaired) electrons. The smallest absolute Gasteiger partial charge is 0.332 e. The zero-order valence-corrected chi connectivity index (χ0v) is 26.6. The van der Waals surface area contributed by atoms with Crippen LogP contribution in [0.4, 0.5) is 10.5 Å². The van der Waals surface area contributed by atoms with Crippen LogP contribution in [0.25, 0.3) is 10.8 Å². The number of urea groups is 1. The highest BCUT2D eigenvalue weighted by Gasteiger charge is 2.51. The summed E-state index contributed by atoms with van der Waals surface area (Å²) < 4.78 is 0. The van der Waals surface area contributed by atoms with Gasteiger partial charge in [0.15, 0.2) is 0 Å². The summed E-state index contributed by atoms with van der Waals surface area (Å²) in [5.41, 5.74) is 3.72. The summed E-state index contributed by atoms with van der Waals surface area (Å²) in [6, 6.07) is 26.1. The molecule has 4 aromatic carbocycles. The van der Waals surface area contributed by atoms with Gasteiger partial charge in [-0.05, 0) is 51.7 Å². The number of hydrogen-bond acceptors (Lipinski definition) is 5. The lowest BCUT2D eigenvalue weighted by molar-refractivity contribution is -0.157. The van der Waals surface area contributed by atoms with E-state index >= 15 is 0 Å². The molecular formula is C34H34Cl2N6O3. The maximum atomic E-state index is 14.2. The van der Waals surface area contributed by atoms with Crippen LogP contribution >= 0.6 is 23.2 Å². The summed E-state index contributed by atoms with van der Waals surface area (Å²) in [4.78, 5) is 44.6. The molecular weight excluding hydrogens is 611 g/mol. The van der Waals surface area contributed by atoms with E-state index in [9.17, 15) is 14.4 Å². The van der Waals surface area contributed by atoms with Crippen molar-refractivity contribution in [2.75, 3.05) is 32.5 Å². The van der Waals surface area contributed by atoms with Gasteiger partial charge in [-0.1, -0.05) is 83.9 Å². The number of hydrazine groups is 1. The minimum atomic E-state index is -0.718. The SMILES string of the molecule is CNc1ccc(C[C@H]2C(=O)N(Cc3cccc4ccccc34)C[C@H]3N2C(=O)CN3N(C)C(=O)NCc2ccc(Cl)c(Cl)c2)cc1. The zero-order chi connectivity index (χ0) is 31.7. The first kappa shape index (κ1) is 30.7. The Morgan fingerprint density at radius 2 is 1.67 bits per heavy atom. The van der Waals surface area contributed by atoms with Crippen molar-refractivity contribution < 1.29 is 14.4 Å². The minimum absolute atomic E-state index is 0.0219. The number of fused-ring (bicyclic) bond motifs is 2. The van der Waals surface area contributed by atoms with Gasteiger partial charge in [-0.15, -0.1) is 0 Å². The van der Waals surface area contributed by atoms with Crippen LogP contribution < -0.4 is 10.6 Å². The predicted molar refractivity (Wildman–Crippen MR) is 177 cm³/mol. The van der Waals surface area contributed by atoms with Gasteiger partial charge in [0.1, 0.15) is 12.2 Å². The van der Waals surface area contributed by atoms with Crippen LogP contribution in [0.1, 0.15) is 16.7 Å². The molecule has 45 heavy (non-hydrogen) atoms. The summed E-state index contributed by atoms with van der Waals surface area (Å²) >= 11 is 12.2. The van der Waals surface area contributed by atoms with Crippen molar-refractivity contribution in [3.63, 3.8) is 0 Å². The first-order valence-electron chi connectivity index (χ1n) is 14.8. The standard InChI is InChI=1S/C34H34Cl2N6O3/c1-37-26-13-10-22(11-14-26)17-30-33(44)40(19-25-8-5-7-24-6-3-4-9-27(24)25)20-31-41(21-32(43)42(30)31)39(2)34(45)38-18-23-12-15-28(35)29(36)16-23/h3-16,30-31,37H,17-21H2,1-2H3,(H,38,45)/t30-,31+/m0/s1. The van der Waals surface area contributed by atoms with Crippen molar-refractivity contribution >= 4 is 57.5 Å². The number of amides is 4. The van der Waals surface area contributed by atoms with E-state index in [4.69, 9.17) is 23.2 Å². The van der Waals surface area contributed by atoms with Gasteiger partial charge >= 0.3 is 6.03 Å². The Kier molecular flexibility index (Phi) is 8.85. The van der Waals surface area contributed by atoms with Crippen LogP contribution in [0.5, 0.6) is 0 Å². The molecule has 0 aromatic heterocycles. The first-order chi connectivity index (χ1) is 21.7. The third kappa shape index (κ3) is 6.29. The van der Waals surface area contributed by atoms with Gasteiger partial charge in [-0.2, -0.15) is 5.01 Å². The lowest BCUT2D eigenvalue weighted by Gasteiger charge is -2.46. The number of piperazine rings is 1. The van der Waals surface area contributed by atoms with Crippen molar-refractivity contribution in [2.24, 2.45) is 0 Å². The van der Waals surface area contributed by atoms with Crippen LogP contribution in [0.3, 0.4) is 0 Å². The Balaban J connectivity index is 1.27. The Bertz CT molecular complexity index is 1740. The van der Waals surface area contributed by atoms with Gasteiger partial charge in [0.25, 0.3) is 0 Å². The van der Waals surface area contributed by atoms with E-state index in [-0.39, 0.29) is 37.5 Å². The fourth-order valence-corrected chi connectivity index (χ4v) is 6.50. The molecule has 9 nitrogen and oxygen atoms in total. The number of hydrogen-bond donors (Lipinski definition) is 2. The lowest BCUT2D eigenvalue weighted by atomic mass is 9.98. The molecule has 2 atom stereocenters. The maximum absolute atomic E-state index is 14.2. The van der Waals surface area contributed by atoms with Crippen LogP contribution in [0.15, 0.2) is 84.9 Å². The second kappa shape index (κ2) is 13.0. The second-order valence-corrected chi connectivity index (χ2v) is 12.1. The van der Waals surface area contributed by atoms with Crippen LogP contribution in [-0.2, 0) is 29.1 Å². The minimum Gasteiger partial charge on any atom is -0.388 e. The van der Waals surface area contributed by atoms with Gasteiger partial charge in [-0.3, -0.25) is 14.6 Å². The van der Waals surface area contributed by atoms with Crippen LogP contribution in [0.2, 0.25) is 10.0 Å². The van der Waals surface area contributed by atoms with E-state index in [2.05, 4.69) is 28.8 Å². The zero-order valence-electron chi connectivity index (χ0n) is 25.0. The number of halogens is 2. The molecule has 0 unspecified atom stereocenters. The Morgan fingerprint density at radius 3 is 2.42 bits per heavy atom. The van der Waals surface area contributed by atoms with Crippen molar-refractivity contribution in [1.82, 2.24) is 25.1 Å². The quantitative estimate of drug-likeness (QED) is 0.269. The molecule has 2 heterocycles. The predicted octanol–water partition coefficient (Wildman–Crippen LogP) is 5.37. The molecule has 0 bridgehead atoms. The average molecular weight is 646 g/mol. The normalized spacial score (nSPS) is 18.3. The molecule has 4 amide bonds. The molecule has 2 saturated heterocycles. The topological polar surface area (TPSA) is 88.2 Å². The van der Waals surface area contributed by atoms with Gasteiger partial charge in [0, 0.05) is 39.3 Å². The molecule has 0 saturated carbocycles. The summed E-state index contributed by atoms with van der Waals surface area (Å²) in [5.74, 6) is -0.307. The van der Waals surface area contributed by atoms with E-state index in [0.717, 1.165) is 33.2 Å². The van der Waals surface area contributed by atoms with Crippen LogP contribution in [-0.4, -0.2) is 77.1 Å². The summed E-state index contributed by atoms with van der Waals surface area (Å²) in [7, 11) is 3.49. The fourth-order valence-electron chi connectivity index (χ4n) is 6.18. The molecule has 2 fully saturated rings. The highest BCUT2D eigenvalue weighted by atomic mass is 35.5. The van der Waals surface area contributed by atoms with Crippen molar-refractivity contribution in [2.45, 2.75) is 31.7 Å². The summed E-state index contributed by atoms with van der Waals surface area (Å²) in [6.07, 6.45) is -0.162. The second-order valence-electron chi connectivity index (χ2n) is 11.3. The average Bonchev–Trinajstić information content (AvgIpc) is 3.38. The molecule has 0 aliphatic carbocycles. The van der Waals surface area contributed by atoms with E-state index in [0.29, 0.717) is 23.0 Å². The largest absolute Gasteiger partial charge is 0.388 e. The van der Waals surface area contributed by atoms with Gasteiger partial charge < -0.3 is 20.4 Å². The third-order valence-electron chi connectivity index (χ3n) is 8.59. The lowest BCUT2D eigenvalue weighted by Crippen LogP contribution is -2.65. The maximum Gasteiger partial charge on any atom is 0.332 e. The molecule has 6 rings (SSSR count). The summed E-state index contributed by atoms with van der Waals surface area (Å²) in [5, 5.41) is 12.2. The van der Waals surface area contributed by atoms with E-state index in [1.54, 1.807) is 35.2 Å². The van der Waals surface area contributed by atoms with Gasteiger partial charge in [-0.25, -0.2) is 4.79 Å². The molecule has 2 N–H and O–H groups in total. The third-order valence-corrected chi connectivity index (χ3v) is 9.33. The van der Waals surface area contributed by atoms with Crippen molar-refractivity contribution in [1.29, 1.82) is 0 Å². The number of nitrogens with one attached hydrogen (secondary N) is 2. The molecule has 2 aliphatic heterocycles. The van der Waals surface area contributed by atoms with Crippen molar-refractivity contribution in [3.05, 3.63) is 112 Å². The fraction of sp³-hybridized carbons (Fsp3) is 0.265. The number of carbonyl (C=O) groups excluding carboxylic acids is 3. The van der Waals surface area contributed by atoms with Gasteiger partial charge in [0.05, 0.1) is 23.1 Å². The van der Waals surface area contributed by atoms with E-state index < -0.39 is 12.2 Å². The van der Waals surface area contributed by atoms with Gasteiger partial charge in [0.2, 0.25) is 11.8 Å². The number of rotatable bonds is 8. The molecule has 232 valence electrons. The molecule has 4 aromatic rings. The summed E-state index contributed by atoms with van der Waals surface area (Å²) in [6.45, 7) is 0.849. The first-order valence-corrected chi connectivity index (χ1v) is 15.5. The Morgan fingerprint density at radius 1 is 0.933 bits per heavy atom. The molecule has 0 spiro atoms. The Labute approximate surface area is 272 Å². The monoisotopic (exact) mass is 644 g/mol. The van der Waals surface area contributed by atoms with E-state index in [1.807, 2.05) is 60.5 Å². The number of carbonyl (C=O) groups is 3. The number of nitrogens with zero attached hydrogens (tertiary/aromatic N) is 4. The molecule has 11 heteroatoms.